The van der Waals surface area contributed by atoms with Crippen molar-refractivity contribution >= 4 is 29.0 Å². The monoisotopic (exact) mass is 563 g/mol. The Hall–Kier alpha value is -3.31. The molecule has 2 aliphatic rings. The smallest absolute Gasteiger partial charge is 0.354 e. The number of carbonyl (C=O) groups excluding carboxylic acids is 1. The molecule has 1 aromatic heterocycles. The summed E-state index contributed by atoms with van der Waals surface area (Å²) in [5.74, 6) is -0.711. The lowest BCUT2D eigenvalue weighted by Gasteiger charge is -2.33. The van der Waals surface area contributed by atoms with Crippen molar-refractivity contribution in [3.8, 4) is 0 Å². The number of alkyl halides is 2. The maximum Gasteiger partial charge on any atom is 0.354 e. The Morgan fingerprint density at radius 1 is 1.31 bits per heavy atom. The second-order valence-electron chi connectivity index (χ2n) is 9.38. The van der Waals surface area contributed by atoms with E-state index in [-0.39, 0.29) is 29.4 Å². The standard InChI is InChI=1S/C27H32ClF2N5O4/c1-3-38-27(37)24(31)19-15-34(21-14-32-35(26(36)23(21)28)22-10-6-7-13-39-22)12-11-20(19)33-16(2)17-8-4-5-9-18(17)25(29)30/h4-5,8-9,14,16,22,25H,3,6-7,10-13,15,31H2,1-2H3. The van der Waals surface area contributed by atoms with Gasteiger partial charge in [-0.2, -0.15) is 9.78 Å². The second kappa shape index (κ2) is 12.7. The number of aliphatic imine (C=N–C) groups is 1. The van der Waals surface area contributed by atoms with Crippen LogP contribution in [0.25, 0.3) is 0 Å². The molecule has 0 spiro atoms. The maximum absolute atomic E-state index is 13.6. The first-order valence-corrected chi connectivity index (χ1v) is 13.3. The molecule has 12 heteroatoms. The summed E-state index contributed by atoms with van der Waals surface area (Å²) in [4.78, 5) is 32.2. The number of carbonyl (C=O) groups is 1. The highest BCUT2D eigenvalue weighted by Crippen LogP contribution is 2.32. The molecule has 0 saturated carbocycles. The molecule has 4 rings (SSSR count). The van der Waals surface area contributed by atoms with Crippen molar-refractivity contribution in [3.05, 3.63) is 68.2 Å². The van der Waals surface area contributed by atoms with Crippen molar-refractivity contribution in [2.45, 2.75) is 58.2 Å². The summed E-state index contributed by atoms with van der Waals surface area (Å²) >= 11 is 6.53. The summed E-state index contributed by atoms with van der Waals surface area (Å²) in [6.07, 6.45) is 1.23. The predicted molar refractivity (Wildman–Crippen MR) is 144 cm³/mol. The van der Waals surface area contributed by atoms with Crippen LogP contribution in [0, 0.1) is 0 Å². The number of esters is 1. The van der Waals surface area contributed by atoms with E-state index in [1.165, 1.54) is 16.9 Å². The van der Waals surface area contributed by atoms with Gasteiger partial charge >= 0.3 is 5.97 Å². The summed E-state index contributed by atoms with van der Waals surface area (Å²) in [5.41, 5.74) is 7.19. The molecular weight excluding hydrogens is 532 g/mol. The van der Waals surface area contributed by atoms with Crippen molar-refractivity contribution in [2.75, 3.05) is 31.2 Å². The van der Waals surface area contributed by atoms with Crippen LogP contribution < -0.4 is 16.2 Å². The fraction of sp³-hybridized carbons (Fsp3) is 0.481. The molecule has 2 fully saturated rings. The van der Waals surface area contributed by atoms with Gasteiger partial charge in [-0.1, -0.05) is 35.9 Å². The number of aromatic nitrogens is 2. The van der Waals surface area contributed by atoms with Crippen LogP contribution in [0.1, 0.15) is 69.4 Å². The molecule has 2 saturated heterocycles. The van der Waals surface area contributed by atoms with Crippen LogP contribution in [-0.2, 0) is 14.3 Å². The number of nitrogens with zero attached hydrogens (tertiary/aromatic N) is 4. The largest absolute Gasteiger partial charge is 0.461 e. The zero-order valence-electron chi connectivity index (χ0n) is 21.9. The van der Waals surface area contributed by atoms with Gasteiger partial charge in [-0.15, -0.1) is 0 Å². The van der Waals surface area contributed by atoms with Gasteiger partial charge in [0, 0.05) is 43.0 Å². The lowest BCUT2D eigenvalue weighted by Crippen LogP contribution is -2.40. The van der Waals surface area contributed by atoms with E-state index in [9.17, 15) is 18.4 Å². The number of halogens is 3. The van der Waals surface area contributed by atoms with Crippen LogP contribution in [0.15, 0.2) is 51.5 Å². The predicted octanol–water partition coefficient (Wildman–Crippen LogP) is 4.72. The average Bonchev–Trinajstić information content (AvgIpc) is 2.95. The van der Waals surface area contributed by atoms with Crippen LogP contribution in [0.4, 0.5) is 14.5 Å². The van der Waals surface area contributed by atoms with Crippen molar-refractivity contribution in [3.63, 3.8) is 0 Å². The Kier molecular flexibility index (Phi) is 9.34. The Balaban J connectivity index is 1.68. The normalized spacial score (nSPS) is 21.2. The number of hydrogen-bond acceptors (Lipinski definition) is 8. The first kappa shape index (κ1) is 28.7. The Labute approximate surface area is 230 Å². The second-order valence-corrected chi connectivity index (χ2v) is 9.76. The third-order valence-corrected chi connectivity index (χ3v) is 7.22. The highest BCUT2D eigenvalue weighted by Gasteiger charge is 2.29. The van der Waals surface area contributed by atoms with Gasteiger partial charge in [0.15, 0.2) is 6.23 Å². The van der Waals surface area contributed by atoms with E-state index in [1.54, 1.807) is 36.9 Å². The molecule has 3 heterocycles. The van der Waals surface area contributed by atoms with Crippen molar-refractivity contribution < 1.29 is 23.0 Å². The minimum atomic E-state index is -2.65. The molecule has 2 aliphatic heterocycles. The first-order valence-electron chi connectivity index (χ1n) is 13.0. The summed E-state index contributed by atoms with van der Waals surface area (Å²) in [7, 11) is 0. The molecule has 210 valence electrons. The molecule has 0 bridgehead atoms. The number of piperidine rings is 1. The van der Waals surface area contributed by atoms with Crippen LogP contribution in [0.2, 0.25) is 5.02 Å². The van der Waals surface area contributed by atoms with E-state index in [2.05, 4.69) is 5.10 Å². The molecule has 9 nitrogen and oxygen atoms in total. The zero-order valence-corrected chi connectivity index (χ0v) is 22.7. The third kappa shape index (κ3) is 6.30. The third-order valence-electron chi connectivity index (χ3n) is 6.86. The average molecular weight is 564 g/mol. The Morgan fingerprint density at radius 3 is 2.72 bits per heavy atom. The molecule has 0 radical (unpaired) electrons. The first-order chi connectivity index (χ1) is 18.7. The minimum absolute atomic E-state index is 0.0205. The minimum Gasteiger partial charge on any atom is -0.461 e. The number of anilines is 1. The van der Waals surface area contributed by atoms with Gasteiger partial charge in [0.2, 0.25) is 0 Å². The molecule has 1 aromatic carbocycles. The van der Waals surface area contributed by atoms with Gasteiger partial charge in [0.25, 0.3) is 12.0 Å². The summed E-state index contributed by atoms with van der Waals surface area (Å²) in [6, 6.07) is 5.60. The van der Waals surface area contributed by atoms with Crippen LogP contribution in [0.5, 0.6) is 0 Å². The van der Waals surface area contributed by atoms with Gasteiger partial charge in [0.05, 0.1) is 24.5 Å². The molecular formula is C27H32ClF2N5O4. The molecule has 0 amide bonds. The molecule has 2 N–H and O–H groups in total. The van der Waals surface area contributed by atoms with E-state index in [4.69, 9.17) is 31.8 Å². The molecule has 2 aromatic rings. The van der Waals surface area contributed by atoms with Gasteiger partial charge in [0.1, 0.15) is 10.7 Å². The van der Waals surface area contributed by atoms with Gasteiger partial charge in [-0.05, 0) is 38.7 Å². The van der Waals surface area contributed by atoms with Crippen LogP contribution >= 0.6 is 11.6 Å². The summed E-state index contributed by atoms with van der Waals surface area (Å²) in [5, 5.41) is 4.30. The SMILES string of the molecule is CCOC(=O)C(N)=C1CN(c2cnn(C3CCCCO3)c(=O)c2Cl)CCC1=NC(C)c1ccccc1C(F)F. The molecule has 2 atom stereocenters. The lowest BCUT2D eigenvalue weighted by atomic mass is 9.97. The summed E-state index contributed by atoms with van der Waals surface area (Å²) < 4.78 is 39.3. The fourth-order valence-corrected chi connectivity index (χ4v) is 5.10. The van der Waals surface area contributed by atoms with Crippen molar-refractivity contribution in [2.24, 2.45) is 10.7 Å². The van der Waals surface area contributed by atoms with Crippen molar-refractivity contribution in [1.29, 1.82) is 0 Å². The molecule has 0 aliphatic carbocycles. The highest BCUT2D eigenvalue weighted by atomic mass is 35.5. The van der Waals surface area contributed by atoms with E-state index < -0.39 is 30.2 Å². The van der Waals surface area contributed by atoms with Gasteiger partial charge in [-0.3, -0.25) is 9.79 Å². The number of nitrogens with two attached hydrogens (primary N) is 1. The van der Waals surface area contributed by atoms with E-state index in [1.807, 2.05) is 0 Å². The number of benzene rings is 1. The summed E-state index contributed by atoms with van der Waals surface area (Å²) in [6.45, 7) is 4.53. The van der Waals surface area contributed by atoms with Crippen LogP contribution in [-0.4, -0.2) is 47.8 Å². The quantitative estimate of drug-likeness (QED) is 0.383. The maximum atomic E-state index is 13.6. The number of ether oxygens (including phenoxy) is 2. The number of hydrogen-bond donors (Lipinski definition) is 1. The van der Waals surface area contributed by atoms with E-state index >= 15 is 0 Å². The molecule has 2 unspecified atom stereocenters. The van der Waals surface area contributed by atoms with Gasteiger partial charge in [-0.25, -0.2) is 13.6 Å². The van der Waals surface area contributed by atoms with Crippen molar-refractivity contribution in [1.82, 2.24) is 9.78 Å². The van der Waals surface area contributed by atoms with E-state index in [0.717, 1.165) is 12.8 Å². The van der Waals surface area contributed by atoms with E-state index in [0.29, 0.717) is 48.5 Å². The highest BCUT2D eigenvalue weighted by molar-refractivity contribution is 6.33. The molecule has 39 heavy (non-hydrogen) atoms. The number of rotatable bonds is 7. The van der Waals surface area contributed by atoms with Gasteiger partial charge < -0.3 is 20.1 Å². The topological polar surface area (TPSA) is 112 Å². The van der Waals surface area contributed by atoms with Crippen LogP contribution in [0.3, 0.4) is 0 Å². The fourth-order valence-electron chi connectivity index (χ4n) is 4.85. The lowest BCUT2D eigenvalue weighted by molar-refractivity contribution is -0.138. The zero-order chi connectivity index (χ0) is 28.1. The Morgan fingerprint density at radius 2 is 2.05 bits per heavy atom. The Bertz CT molecular complexity index is 1320.